The summed E-state index contributed by atoms with van der Waals surface area (Å²) < 4.78 is 0. The Kier molecular flexibility index (Phi) is 4.17. The van der Waals surface area contributed by atoms with Crippen LogP contribution in [0.2, 0.25) is 0 Å². The van der Waals surface area contributed by atoms with E-state index in [1.54, 1.807) is 0 Å². The van der Waals surface area contributed by atoms with Gasteiger partial charge in [-0.1, -0.05) is 25.7 Å². The Labute approximate surface area is 125 Å². The van der Waals surface area contributed by atoms with Crippen molar-refractivity contribution in [1.82, 2.24) is 9.88 Å². The second-order valence-electron chi connectivity index (χ2n) is 5.44. The van der Waals surface area contributed by atoms with Crippen molar-refractivity contribution in [2.45, 2.75) is 6.92 Å². The molecule has 1 aromatic heterocycles. The fraction of sp³-hybridized carbons (Fsp3) is 0.235. The lowest BCUT2D eigenvalue weighted by Gasteiger charge is -2.08. The molecule has 21 heavy (non-hydrogen) atoms. The molecule has 0 fully saturated rings. The number of H-pyrrole nitrogens is 1. The molecule has 110 valence electrons. The van der Waals surface area contributed by atoms with E-state index >= 15 is 0 Å². The van der Waals surface area contributed by atoms with Gasteiger partial charge in [0.05, 0.1) is 0 Å². The zero-order chi connectivity index (χ0) is 15.6. The summed E-state index contributed by atoms with van der Waals surface area (Å²) in [5.74, 6) is 0.207. The van der Waals surface area contributed by atoms with Crippen LogP contribution >= 0.6 is 0 Å². The van der Waals surface area contributed by atoms with Gasteiger partial charge < -0.3 is 21.0 Å². The van der Waals surface area contributed by atoms with Gasteiger partial charge in [0.2, 0.25) is 0 Å². The topological polar surface area (TPSA) is 68.9 Å². The number of aromatic amines is 1. The number of nitrogens with zero attached hydrogens (tertiary/aromatic N) is 1. The van der Waals surface area contributed by atoms with Crippen LogP contribution in [0.15, 0.2) is 48.5 Å². The highest BCUT2D eigenvalue weighted by Crippen LogP contribution is 2.35. The second kappa shape index (κ2) is 5.87. The Balaban J connectivity index is 2.44. The van der Waals surface area contributed by atoms with Crippen molar-refractivity contribution >= 4 is 17.4 Å². The predicted octanol–water partition coefficient (Wildman–Crippen LogP) is 3.00. The molecule has 0 radical (unpaired) electrons. The van der Waals surface area contributed by atoms with Crippen LogP contribution in [0.1, 0.15) is 18.2 Å². The third-order valence-corrected chi connectivity index (χ3v) is 3.55. The lowest BCUT2D eigenvalue weighted by Crippen LogP contribution is -2.01. The van der Waals surface area contributed by atoms with Gasteiger partial charge in [0.1, 0.15) is 0 Å². The van der Waals surface area contributed by atoms with Gasteiger partial charge in [-0.2, -0.15) is 0 Å². The van der Waals surface area contributed by atoms with Crippen LogP contribution in [0.25, 0.3) is 11.1 Å². The molecule has 2 rings (SSSR count). The predicted molar refractivity (Wildman–Crippen MR) is 89.8 cm³/mol. The molecule has 1 aromatic rings. The molecule has 1 atom stereocenters. The number of hydrogen-bond donors (Lipinski definition) is 3. The van der Waals surface area contributed by atoms with Crippen molar-refractivity contribution in [1.29, 1.82) is 5.41 Å². The molecule has 1 aliphatic carbocycles. The molecular weight excluding hydrogens is 260 g/mol. The molecule has 1 heterocycles. The van der Waals surface area contributed by atoms with Gasteiger partial charge in [-0.3, -0.25) is 0 Å². The van der Waals surface area contributed by atoms with E-state index in [1.165, 1.54) is 6.21 Å². The monoisotopic (exact) mass is 282 g/mol. The summed E-state index contributed by atoms with van der Waals surface area (Å²) in [5.41, 5.74) is 11.6. The van der Waals surface area contributed by atoms with Crippen molar-refractivity contribution < 1.29 is 0 Å². The molecular formula is C17H22N4. The number of nitrogens with two attached hydrogens (primary N) is 1. The van der Waals surface area contributed by atoms with E-state index in [4.69, 9.17) is 11.1 Å². The number of nitrogens with one attached hydrogen (secondary N) is 2. The Morgan fingerprint density at radius 1 is 1.48 bits per heavy atom. The molecule has 0 saturated heterocycles. The van der Waals surface area contributed by atoms with Gasteiger partial charge in [0, 0.05) is 61.2 Å². The van der Waals surface area contributed by atoms with Crippen LogP contribution in [-0.2, 0) is 0 Å². The minimum absolute atomic E-state index is 0.207. The Morgan fingerprint density at radius 3 is 2.76 bits per heavy atom. The average molecular weight is 282 g/mol. The van der Waals surface area contributed by atoms with Crippen LogP contribution in [0.3, 0.4) is 0 Å². The fourth-order valence-electron chi connectivity index (χ4n) is 2.63. The third-order valence-electron chi connectivity index (χ3n) is 3.55. The largest absolute Gasteiger partial charge is 0.398 e. The maximum atomic E-state index is 7.57. The van der Waals surface area contributed by atoms with E-state index in [1.807, 2.05) is 43.5 Å². The highest BCUT2D eigenvalue weighted by atomic mass is 15.0. The maximum Gasteiger partial charge on any atom is 0.0432 e. The summed E-state index contributed by atoms with van der Waals surface area (Å²) >= 11 is 0. The van der Waals surface area contributed by atoms with Gasteiger partial charge in [-0.15, -0.1) is 0 Å². The number of allylic oxidation sites excluding steroid dienone is 5. The van der Waals surface area contributed by atoms with Gasteiger partial charge >= 0.3 is 0 Å². The summed E-state index contributed by atoms with van der Waals surface area (Å²) in [5, 5.41) is 7.57. The first-order valence-corrected chi connectivity index (χ1v) is 6.90. The second-order valence-corrected chi connectivity index (χ2v) is 5.44. The first-order chi connectivity index (χ1) is 9.97. The van der Waals surface area contributed by atoms with Crippen LogP contribution in [0.4, 0.5) is 0 Å². The van der Waals surface area contributed by atoms with E-state index in [-0.39, 0.29) is 5.92 Å². The summed E-state index contributed by atoms with van der Waals surface area (Å²) in [4.78, 5) is 5.28. The summed E-state index contributed by atoms with van der Waals surface area (Å²) in [6.45, 7) is 5.95. The van der Waals surface area contributed by atoms with Crippen LogP contribution in [0, 0.1) is 11.3 Å². The van der Waals surface area contributed by atoms with Gasteiger partial charge in [0.25, 0.3) is 0 Å². The lowest BCUT2D eigenvalue weighted by atomic mass is 9.98. The first-order valence-electron chi connectivity index (χ1n) is 6.90. The van der Waals surface area contributed by atoms with Crippen LogP contribution in [-0.4, -0.2) is 30.2 Å². The van der Waals surface area contributed by atoms with Crippen molar-refractivity contribution in [2.24, 2.45) is 11.7 Å². The van der Waals surface area contributed by atoms with Gasteiger partial charge in [-0.25, -0.2) is 0 Å². The molecule has 4 nitrogen and oxygen atoms in total. The van der Waals surface area contributed by atoms with Gasteiger partial charge in [-0.05, 0) is 17.2 Å². The molecule has 1 unspecified atom stereocenters. The van der Waals surface area contributed by atoms with Gasteiger partial charge in [0.15, 0.2) is 0 Å². The number of rotatable bonds is 5. The van der Waals surface area contributed by atoms with Crippen molar-refractivity contribution in [3.63, 3.8) is 0 Å². The summed E-state index contributed by atoms with van der Waals surface area (Å²) in [6, 6.07) is 2.08. The molecule has 0 bridgehead atoms. The minimum Gasteiger partial charge on any atom is -0.398 e. The molecule has 0 aliphatic heterocycles. The van der Waals surface area contributed by atoms with E-state index in [9.17, 15) is 0 Å². The lowest BCUT2D eigenvalue weighted by molar-refractivity contribution is 0.566. The molecule has 0 aromatic carbocycles. The molecule has 0 amide bonds. The number of aromatic nitrogens is 1. The molecule has 4 N–H and O–H groups in total. The first kappa shape index (κ1) is 14.9. The Morgan fingerprint density at radius 2 is 2.19 bits per heavy atom. The van der Waals surface area contributed by atoms with Crippen molar-refractivity contribution in [3.05, 3.63) is 59.7 Å². The van der Waals surface area contributed by atoms with Crippen molar-refractivity contribution in [3.8, 4) is 0 Å². The van der Waals surface area contributed by atoms with Crippen molar-refractivity contribution in [2.75, 3.05) is 14.1 Å². The SMILES string of the molecule is C=C/C(=C\N(C)C)c1c[nH]c(C2=C(C=N)C(N)=CC2C)c1. The Hall–Kier alpha value is -2.49. The zero-order valence-electron chi connectivity index (χ0n) is 12.8. The van der Waals surface area contributed by atoms with E-state index in [0.29, 0.717) is 5.70 Å². The highest BCUT2D eigenvalue weighted by molar-refractivity contribution is 5.97. The molecule has 4 heteroatoms. The average Bonchev–Trinajstić information content (AvgIpc) is 2.99. The van der Waals surface area contributed by atoms with E-state index in [0.717, 1.165) is 28.0 Å². The summed E-state index contributed by atoms with van der Waals surface area (Å²) in [6.07, 6.45) is 9.14. The standard InChI is InChI=1S/C17H22N4/c1-5-12(10-21(3)4)13-7-16(20-9-13)17-11(2)6-15(19)14(17)8-18/h5-11,18,20H,1,19H2,2-4H3/b12-10+,18-8?. The summed E-state index contributed by atoms with van der Waals surface area (Å²) in [7, 11) is 3.97. The maximum absolute atomic E-state index is 7.57. The normalized spacial score (nSPS) is 18.7. The number of hydrogen-bond acceptors (Lipinski definition) is 3. The van der Waals surface area contributed by atoms with Crippen LogP contribution < -0.4 is 5.73 Å². The van der Waals surface area contributed by atoms with Crippen LogP contribution in [0.5, 0.6) is 0 Å². The molecule has 0 saturated carbocycles. The Bertz CT molecular complexity index is 656. The zero-order valence-corrected chi connectivity index (χ0v) is 12.8. The smallest absolute Gasteiger partial charge is 0.0432 e. The fourth-order valence-corrected chi connectivity index (χ4v) is 2.63. The molecule has 1 aliphatic rings. The quantitative estimate of drug-likeness (QED) is 0.574. The minimum atomic E-state index is 0.207. The van der Waals surface area contributed by atoms with E-state index in [2.05, 4.69) is 24.6 Å². The van der Waals surface area contributed by atoms with E-state index < -0.39 is 0 Å². The highest BCUT2D eigenvalue weighted by Gasteiger charge is 2.23. The third kappa shape index (κ3) is 2.84. The molecule has 0 spiro atoms.